The van der Waals surface area contributed by atoms with E-state index in [-0.39, 0.29) is 5.69 Å². The van der Waals surface area contributed by atoms with Crippen LogP contribution in [-0.4, -0.2) is 29.1 Å². The Kier molecular flexibility index (Phi) is 3.27. The summed E-state index contributed by atoms with van der Waals surface area (Å²) >= 11 is 0. The number of nitrogens with zero attached hydrogens (tertiary/aromatic N) is 2. The molecule has 1 saturated heterocycles. The quantitative estimate of drug-likeness (QED) is 0.684. The fourth-order valence-corrected chi connectivity index (χ4v) is 3.55. The number of nitro benzene ring substituents is 1. The maximum Gasteiger partial charge on any atom is 0.342 e. The zero-order valence-corrected chi connectivity index (χ0v) is 11.3. The van der Waals surface area contributed by atoms with Gasteiger partial charge in [-0.1, -0.05) is 6.42 Å². The van der Waals surface area contributed by atoms with Crippen molar-refractivity contribution in [2.75, 3.05) is 18.0 Å². The second-order valence-electron chi connectivity index (χ2n) is 5.74. The topological polar surface area (TPSA) is 83.7 Å². The molecule has 112 valence electrons. The van der Waals surface area contributed by atoms with Gasteiger partial charge in [-0.25, -0.2) is 9.18 Å². The molecule has 2 unspecified atom stereocenters. The van der Waals surface area contributed by atoms with Crippen molar-refractivity contribution < 1.29 is 19.2 Å². The van der Waals surface area contributed by atoms with Crippen LogP contribution in [0.15, 0.2) is 12.1 Å². The lowest BCUT2D eigenvalue weighted by atomic mass is 10.0. The highest BCUT2D eigenvalue weighted by molar-refractivity contribution is 5.93. The van der Waals surface area contributed by atoms with E-state index in [9.17, 15) is 19.3 Å². The largest absolute Gasteiger partial charge is 0.477 e. The predicted octanol–water partition coefficient (Wildman–Crippen LogP) is 2.67. The number of fused-ring (bicyclic) bond motifs is 1. The van der Waals surface area contributed by atoms with Crippen molar-refractivity contribution in [2.45, 2.75) is 19.3 Å². The van der Waals surface area contributed by atoms with E-state index in [1.165, 1.54) is 6.42 Å². The van der Waals surface area contributed by atoms with Crippen LogP contribution in [0.3, 0.4) is 0 Å². The summed E-state index contributed by atoms with van der Waals surface area (Å²) in [5, 5.41) is 19.9. The van der Waals surface area contributed by atoms with E-state index in [1.807, 2.05) is 4.90 Å². The van der Waals surface area contributed by atoms with Crippen molar-refractivity contribution in [2.24, 2.45) is 11.8 Å². The van der Waals surface area contributed by atoms with E-state index in [0.717, 1.165) is 18.9 Å². The highest BCUT2D eigenvalue weighted by Gasteiger charge is 2.37. The number of rotatable bonds is 3. The summed E-state index contributed by atoms with van der Waals surface area (Å²) in [4.78, 5) is 22.9. The highest BCUT2D eigenvalue weighted by atomic mass is 19.1. The van der Waals surface area contributed by atoms with Gasteiger partial charge >= 0.3 is 5.97 Å². The summed E-state index contributed by atoms with van der Waals surface area (Å²) in [5.74, 6) is -1.10. The van der Waals surface area contributed by atoms with Gasteiger partial charge in [-0.05, 0) is 30.7 Å². The molecule has 1 aromatic carbocycles. The molecule has 0 bridgehead atoms. The van der Waals surface area contributed by atoms with Crippen LogP contribution in [0.1, 0.15) is 29.6 Å². The molecule has 3 rings (SSSR count). The Morgan fingerprint density at radius 2 is 1.95 bits per heavy atom. The first kappa shape index (κ1) is 13.8. The standard InChI is InChI=1S/C14H15FN2O4/c15-11-5-12(17(20)21)10(14(18)19)4-13(11)16-6-8-2-1-3-9(8)7-16/h4-5,8-9H,1-3,6-7H2,(H,18,19). The molecule has 2 fully saturated rings. The summed E-state index contributed by atoms with van der Waals surface area (Å²) in [5.41, 5.74) is -1.01. The lowest BCUT2D eigenvalue weighted by Gasteiger charge is -2.20. The van der Waals surface area contributed by atoms with Gasteiger partial charge in [-0.15, -0.1) is 0 Å². The van der Waals surface area contributed by atoms with Crippen molar-refractivity contribution in [3.05, 3.63) is 33.6 Å². The second kappa shape index (κ2) is 4.98. The molecule has 6 nitrogen and oxygen atoms in total. The van der Waals surface area contributed by atoms with Crippen molar-refractivity contribution in [1.29, 1.82) is 0 Å². The number of hydrogen-bond acceptors (Lipinski definition) is 4. The third-order valence-corrected chi connectivity index (χ3v) is 4.56. The molecule has 7 heteroatoms. The fraction of sp³-hybridized carbons (Fsp3) is 0.500. The average Bonchev–Trinajstić information content (AvgIpc) is 2.98. The molecule has 1 heterocycles. The first-order valence-electron chi connectivity index (χ1n) is 6.93. The second-order valence-corrected chi connectivity index (χ2v) is 5.74. The van der Waals surface area contributed by atoms with Crippen LogP contribution >= 0.6 is 0 Å². The number of carboxylic acid groups (broad SMARTS) is 1. The Hall–Kier alpha value is -2.18. The van der Waals surface area contributed by atoms with Gasteiger partial charge in [-0.3, -0.25) is 10.1 Å². The number of carboxylic acids is 1. The Morgan fingerprint density at radius 3 is 2.48 bits per heavy atom. The lowest BCUT2D eigenvalue weighted by Crippen LogP contribution is -2.22. The van der Waals surface area contributed by atoms with Crippen LogP contribution in [0, 0.1) is 27.8 Å². The van der Waals surface area contributed by atoms with Crippen molar-refractivity contribution in [3.63, 3.8) is 0 Å². The maximum absolute atomic E-state index is 14.1. The van der Waals surface area contributed by atoms with Gasteiger partial charge in [-0.2, -0.15) is 0 Å². The van der Waals surface area contributed by atoms with Crippen LogP contribution < -0.4 is 4.90 Å². The number of carbonyl (C=O) groups is 1. The molecule has 0 spiro atoms. The molecule has 0 radical (unpaired) electrons. The fourth-order valence-electron chi connectivity index (χ4n) is 3.55. The van der Waals surface area contributed by atoms with Crippen LogP contribution in [0.25, 0.3) is 0 Å². The molecule has 1 N–H and O–H groups in total. The third kappa shape index (κ3) is 2.32. The summed E-state index contributed by atoms with van der Waals surface area (Å²) < 4.78 is 14.1. The van der Waals surface area contributed by atoms with Crippen LogP contribution in [0.5, 0.6) is 0 Å². The minimum absolute atomic E-state index is 0.160. The van der Waals surface area contributed by atoms with Crippen LogP contribution in [0.2, 0.25) is 0 Å². The summed E-state index contributed by atoms with van der Waals surface area (Å²) in [7, 11) is 0. The Morgan fingerprint density at radius 1 is 1.33 bits per heavy atom. The smallest absolute Gasteiger partial charge is 0.342 e. The number of hydrogen-bond donors (Lipinski definition) is 1. The molecule has 1 aliphatic heterocycles. The summed E-state index contributed by atoms with van der Waals surface area (Å²) in [6, 6.07) is 1.81. The molecule has 1 aromatic rings. The molecule has 1 aliphatic carbocycles. The molecule has 2 atom stereocenters. The van der Waals surface area contributed by atoms with Crippen molar-refractivity contribution in [1.82, 2.24) is 0 Å². The summed E-state index contributed by atoms with van der Waals surface area (Å²) in [6.45, 7) is 1.39. The molecule has 0 amide bonds. The molecular weight excluding hydrogens is 279 g/mol. The van der Waals surface area contributed by atoms with Crippen LogP contribution in [0.4, 0.5) is 15.8 Å². The van der Waals surface area contributed by atoms with Gasteiger partial charge in [0, 0.05) is 13.1 Å². The average molecular weight is 294 g/mol. The van der Waals surface area contributed by atoms with Crippen LogP contribution in [-0.2, 0) is 0 Å². The van der Waals surface area contributed by atoms with E-state index in [2.05, 4.69) is 0 Å². The molecule has 1 saturated carbocycles. The van der Waals surface area contributed by atoms with E-state index in [4.69, 9.17) is 5.11 Å². The molecule has 2 aliphatic rings. The number of aromatic carboxylic acids is 1. The van der Waals surface area contributed by atoms with Gasteiger partial charge in [0.05, 0.1) is 16.7 Å². The van der Waals surface area contributed by atoms with Crippen molar-refractivity contribution >= 4 is 17.3 Å². The zero-order valence-electron chi connectivity index (χ0n) is 11.3. The summed E-state index contributed by atoms with van der Waals surface area (Å²) in [6.07, 6.45) is 3.41. The first-order chi connectivity index (χ1) is 9.97. The number of halogens is 1. The normalized spacial score (nSPS) is 24.1. The number of nitro groups is 1. The monoisotopic (exact) mass is 294 g/mol. The predicted molar refractivity (Wildman–Crippen MR) is 73.1 cm³/mol. The zero-order chi connectivity index (χ0) is 15.1. The van der Waals surface area contributed by atoms with E-state index in [1.54, 1.807) is 0 Å². The lowest BCUT2D eigenvalue weighted by molar-refractivity contribution is -0.385. The van der Waals surface area contributed by atoms with Gasteiger partial charge in [0.15, 0.2) is 5.82 Å². The van der Waals surface area contributed by atoms with E-state index < -0.39 is 28.0 Å². The Balaban J connectivity index is 1.98. The maximum atomic E-state index is 14.1. The minimum Gasteiger partial charge on any atom is -0.477 e. The molecule has 0 aromatic heterocycles. The SMILES string of the molecule is O=C(O)c1cc(N2CC3CCCC3C2)c(F)cc1[N+](=O)[O-]. The first-order valence-corrected chi connectivity index (χ1v) is 6.93. The van der Waals surface area contributed by atoms with E-state index in [0.29, 0.717) is 31.0 Å². The van der Waals surface area contributed by atoms with E-state index >= 15 is 0 Å². The van der Waals surface area contributed by atoms with Gasteiger partial charge < -0.3 is 10.0 Å². The highest BCUT2D eigenvalue weighted by Crippen LogP contribution is 2.41. The Bertz CT molecular complexity index is 607. The Labute approximate surface area is 120 Å². The van der Waals surface area contributed by atoms with Crippen molar-refractivity contribution in [3.8, 4) is 0 Å². The molecule has 21 heavy (non-hydrogen) atoms. The minimum atomic E-state index is -1.41. The van der Waals surface area contributed by atoms with Gasteiger partial charge in [0.1, 0.15) is 5.56 Å². The van der Waals surface area contributed by atoms with Gasteiger partial charge in [0.25, 0.3) is 5.69 Å². The van der Waals surface area contributed by atoms with Gasteiger partial charge in [0.2, 0.25) is 0 Å². The third-order valence-electron chi connectivity index (χ3n) is 4.56. The number of anilines is 1. The number of benzene rings is 1. The molecular formula is C14H15FN2O4.